The third-order valence-electron chi connectivity index (χ3n) is 3.47. The smallest absolute Gasteiger partial charge is 0.191 e. The van der Waals surface area contributed by atoms with Gasteiger partial charge in [-0.05, 0) is 38.1 Å². The molecule has 0 saturated heterocycles. The molecule has 0 amide bonds. The SMILES string of the molecule is C=CCNC(=NCC(C)(O)c1ccc(C)o1)NCCc1ccco1.I. The molecular formula is C18H26IN3O3. The molecule has 138 valence electrons. The van der Waals surface area contributed by atoms with E-state index in [9.17, 15) is 5.11 Å². The van der Waals surface area contributed by atoms with Crippen molar-refractivity contribution in [2.24, 2.45) is 4.99 Å². The van der Waals surface area contributed by atoms with Crippen LogP contribution in [0.25, 0.3) is 0 Å². The quantitative estimate of drug-likeness (QED) is 0.245. The molecule has 0 spiro atoms. The lowest BCUT2D eigenvalue weighted by Crippen LogP contribution is -2.39. The Balaban J connectivity index is 0.00000312. The number of hydrogen-bond acceptors (Lipinski definition) is 4. The number of rotatable bonds is 8. The van der Waals surface area contributed by atoms with Gasteiger partial charge in [-0.15, -0.1) is 30.6 Å². The number of nitrogens with one attached hydrogen (secondary N) is 2. The lowest BCUT2D eigenvalue weighted by Gasteiger charge is -2.19. The second-order valence-electron chi connectivity index (χ2n) is 5.77. The Kier molecular flexibility index (Phi) is 8.77. The zero-order valence-electron chi connectivity index (χ0n) is 14.6. The predicted octanol–water partition coefficient (Wildman–Crippen LogP) is 2.97. The van der Waals surface area contributed by atoms with Crippen LogP contribution in [0.5, 0.6) is 0 Å². The van der Waals surface area contributed by atoms with Crippen LogP contribution < -0.4 is 10.6 Å². The molecule has 2 aromatic heterocycles. The number of halogens is 1. The summed E-state index contributed by atoms with van der Waals surface area (Å²) in [7, 11) is 0. The van der Waals surface area contributed by atoms with Crippen LogP contribution in [0.4, 0.5) is 0 Å². The Hall–Kier alpha value is -1.74. The molecule has 1 unspecified atom stereocenters. The number of aryl methyl sites for hydroxylation is 1. The summed E-state index contributed by atoms with van der Waals surface area (Å²) in [5.74, 6) is 2.77. The molecule has 0 radical (unpaired) electrons. The Labute approximate surface area is 165 Å². The van der Waals surface area contributed by atoms with Crippen LogP contribution in [0.15, 0.2) is 57.0 Å². The summed E-state index contributed by atoms with van der Waals surface area (Å²) in [6.45, 7) is 8.63. The molecule has 0 aliphatic carbocycles. The first-order valence-corrected chi connectivity index (χ1v) is 7.96. The zero-order chi connectivity index (χ0) is 17.4. The van der Waals surface area contributed by atoms with Crippen LogP contribution in [0.3, 0.4) is 0 Å². The average Bonchev–Trinajstić information content (AvgIpc) is 3.21. The predicted molar refractivity (Wildman–Crippen MR) is 109 cm³/mol. The van der Waals surface area contributed by atoms with Gasteiger partial charge >= 0.3 is 0 Å². The van der Waals surface area contributed by atoms with E-state index in [1.807, 2.05) is 25.1 Å². The van der Waals surface area contributed by atoms with Gasteiger partial charge in [0.25, 0.3) is 0 Å². The van der Waals surface area contributed by atoms with Gasteiger partial charge in [0.15, 0.2) is 5.96 Å². The molecule has 1 atom stereocenters. The molecule has 2 rings (SSSR count). The van der Waals surface area contributed by atoms with E-state index >= 15 is 0 Å². The highest BCUT2D eigenvalue weighted by atomic mass is 127. The van der Waals surface area contributed by atoms with Crippen LogP contribution >= 0.6 is 24.0 Å². The van der Waals surface area contributed by atoms with Crippen molar-refractivity contribution in [2.45, 2.75) is 25.9 Å². The fourth-order valence-corrected chi connectivity index (χ4v) is 2.14. The third-order valence-corrected chi connectivity index (χ3v) is 3.47. The molecule has 2 heterocycles. The van der Waals surface area contributed by atoms with Gasteiger partial charge in [0.05, 0.1) is 12.8 Å². The van der Waals surface area contributed by atoms with Gasteiger partial charge in [-0.2, -0.15) is 0 Å². The van der Waals surface area contributed by atoms with Gasteiger partial charge in [-0.25, -0.2) is 4.99 Å². The fraction of sp³-hybridized carbons (Fsp3) is 0.389. The van der Waals surface area contributed by atoms with Crippen molar-refractivity contribution in [2.75, 3.05) is 19.6 Å². The lowest BCUT2D eigenvalue weighted by molar-refractivity contribution is 0.0428. The Bertz CT molecular complexity index is 663. The van der Waals surface area contributed by atoms with Crippen LogP contribution in [-0.4, -0.2) is 30.7 Å². The average molecular weight is 459 g/mol. The normalized spacial score (nSPS) is 13.6. The number of furan rings is 2. The van der Waals surface area contributed by atoms with Gasteiger partial charge in [-0.3, -0.25) is 0 Å². The zero-order valence-corrected chi connectivity index (χ0v) is 16.9. The lowest BCUT2D eigenvalue weighted by atomic mass is 10.0. The molecule has 0 aromatic carbocycles. The molecule has 6 nitrogen and oxygen atoms in total. The molecule has 0 aliphatic heterocycles. The van der Waals surface area contributed by atoms with E-state index in [1.54, 1.807) is 25.3 Å². The first-order chi connectivity index (χ1) is 11.5. The van der Waals surface area contributed by atoms with Gasteiger partial charge < -0.3 is 24.6 Å². The highest BCUT2D eigenvalue weighted by Gasteiger charge is 2.26. The topological polar surface area (TPSA) is 82.9 Å². The maximum absolute atomic E-state index is 10.6. The molecule has 2 aromatic rings. The summed E-state index contributed by atoms with van der Waals surface area (Å²) in [6, 6.07) is 7.39. The van der Waals surface area contributed by atoms with E-state index < -0.39 is 5.60 Å². The molecule has 7 heteroatoms. The number of aliphatic hydroxyl groups is 1. The number of nitrogens with zero attached hydrogens (tertiary/aromatic N) is 1. The van der Waals surface area contributed by atoms with E-state index in [4.69, 9.17) is 8.83 Å². The standard InChI is InChI=1S/C18H25N3O3.HI/c1-4-10-19-17(20-11-9-15-6-5-12-23-15)21-13-18(3,22)16-8-7-14(2)24-16;/h4-8,12,22H,1,9-11,13H2,2-3H3,(H2,19,20,21);1H. The monoisotopic (exact) mass is 459 g/mol. The molecule has 0 aliphatic rings. The molecular weight excluding hydrogens is 433 g/mol. The van der Waals surface area contributed by atoms with Gasteiger partial charge in [0, 0.05) is 19.5 Å². The van der Waals surface area contributed by atoms with E-state index in [1.165, 1.54) is 0 Å². The summed E-state index contributed by atoms with van der Waals surface area (Å²) in [6.07, 6.45) is 4.15. The number of guanidine groups is 1. The van der Waals surface area contributed by atoms with Crippen molar-refractivity contribution in [1.29, 1.82) is 0 Å². The van der Waals surface area contributed by atoms with Crippen molar-refractivity contribution >= 4 is 29.9 Å². The van der Waals surface area contributed by atoms with E-state index in [0.29, 0.717) is 24.8 Å². The minimum atomic E-state index is -1.17. The van der Waals surface area contributed by atoms with Crippen LogP contribution in [0, 0.1) is 6.92 Å². The second kappa shape index (κ2) is 10.3. The van der Waals surface area contributed by atoms with Crippen LogP contribution in [-0.2, 0) is 12.0 Å². The first-order valence-electron chi connectivity index (χ1n) is 7.96. The molecule has 25 heavy (non-hydrogen) atoms. The Morgan fingerprint density at radius 1 is 1.36 bits per heavy atom. The fourth-order valence-electron chi connectivity index (χ4n) is 2.14. The minimum Gasteiger partial charge on any atom is -0.469 e. The van der Waals surface area contributed by atoms with Crippen LogP contribution in [0.1, 0.15) is 24.2 Å². The first kappa shape index (κ1) is 21.3. The molecule has 0 saturated carbocycles. The second-order valence-corrected chi connectivity index (χ2v) is 5.77. The molecule has 0 fully saturated rings. The van der Waals surface area contributed by atoms with Crippen molar-refractivity contribution in [3.63, 3.8) is 0 Å². The van der Waals surface area contributed by atoms with Crippen molar-refractivity contribution < 1.29 is 13.9 Å². The van der Waals surface area contributed by atoms with Gasteiger partial charge in [-0.1, -0.05) is 6.08 Å². The molecule has 0 bridgehead atoms. The summed E-state index contributed by atoms with van der Waals surface area (Å²) in [4.78, 5) is 4.44. The summed E-state index contributed by atoms with van der Waals surface area (Å²) < 4.78 is 10.8. The van der Waals surface area contributed by atoms with E-state index in [2.05, 4.69) is 22.2 Å². The summed E-state index contributed by atoms with van der Waals surface area (Å²) >= 11 is 0. The van der Waals surface area contributed by atoms with Crippen LogP contribution in [0.2, 0.25) is 0 Å². The summed E-state index contributed by atoms with van der Waals surface area (Å²) in [5, 5.41) is 16.9. The highest BCUT2D eigenvalue weighted by molar-refractivity contribution is 14.0. The highest BCUT2D eigenvalue weighted by Crippen LogP contribution is 2.22. The number of aliphatic imine (C=N–C) groups is 1. The Morgan fingerprint density at radius 2 is 2.16 bits per heavy atom. The van der Waals surface area contributed by atoms with Crippen molar-refractivity contribution in [1.82, 2.24) is 10.6 Å². The maximum Gasteiger partial charge on any atom is 0.191 e. The van der Waals surface area contributed by atoms with Gasteiger partial charge in [0.1, 0.15) is 22.9 Å². The largest absolute Gasteiger partial charge is 0.469 e. The number of hydrogen-bond donors (Lipinski definition) is 3. The van der Waals surface area contributed by atoms with E-state index in [-0.39, 0.29) is 30.5 Å². The van der Waals surface area contributed by atoms with Crippen molar-refractivity contribution in [3.05, 3.63) is 60.5 Å². The minimum absolute atomic E-state index is 0. The third kappa shape index (κ3) is 6.95. The Morgan fingerprint density at radius 3 is 2.76 bits per heavy atom. The maximum atomic E-state index is 10.6. The van der Waals surface area contributed by atoms with Gasteiger partial charge in [0.2, 0.25) is 0 Å². The summed E-state index contributed by atoms with van der Waals surface area (Å²) in [5.41, 5.74) is -1.17. The van der Waals surface area contributed by atoms with E-state index in [0.717, 1.165) is 17.9 Å². The molecule has 3 N–H and O–H groups in total. The van der Waals surface area contributed by atoms with Crippen molar-refractivity contribution in [3.8, 4) is 0 Å².